The smallest absolute Gasteiger partial charge is 0.260 e. The predicted molar refractivity (Wildman–Crippen MR) is 69.1 cm³/mol. The first-order valence-electron chi connectivity index (χ1n) is 5.44. The third kappa shape index (κ3) is 5.30. The Hall–Kier alpha value is -1.63. The molecule has 17 heavy (non-hydrogen) atoms. The third-order valence-corrected chi connectivity index (χ3v) is 2.18. The molecule has 1 rings (SSSR count). The van der Waals surface area contributed by atoms with E-state index in [1.54, 1.807) is 10.9 Å². The number of carbonyl (C=O) groups is 1. The van der Waals surface area contributed by atoms with E-state index in [1.165, 1.54) is 0 Å². The maximum Gasteiger partial charge on any atom is 0.260 e. The number of nitrogens with zero attached hydrogens (tertiary/aromatic N) is 2. The summed E-state index contributed by atoms with van der Waals surface area (Å²) in [5.74, 6) is -0.200. The Labute approximate surface area is 106 Å². The van der Waals surface area contributed by atoms with E-state index in [0.717, 1.165) is 18.7 Å². The van der Waals surface area contributed by atoms with Crippen molar-refractivity contribution in [1.82, 2.24) is 25.9 Å². The number of amides is 1. The molecule has 0 bridgehead atoms. The highest BCUT2D eigenvalue weighted by Crippen LogP contribution is 1.91. The normalized spacial score (nSPS) is 9.76. The summed E-state index contributed by atoms with van der Waals surface area (Å²) in [6.07, 6.45) is 2.73. The van der Waals surface area contributed by atoms with Crippen molar-refractivity contribution in [3.8, 4) is 0 Å². The van der Waals surface area contributed by atoms with Crippen molar-refractivity contribution in [3.05, 3.63) is 18.0 Å². The summed E-state index contributed by atoms with van der Waals surface area (Å²) in [6, 6.07) is 1.84. The molecule has 0 atom stereocenters. The third-order valence-electron chi connectivity index (χ3n) is 1.93. The number of aromatic nitrogens is 2. The molecule has 7 heteroatoms. The van der Waals surface area contributed by atoms with Crippen LogP contribution >= 0.6 is 12.2 Å². The molecule has 6 nitrogen and oxygen atoms in total. The molecule has 0 radical (unpaired) electrons. The van der Waals surface area contributed by atoms with E-state index in [1.807, 2.05) is 19.9 Å². The Kier molecular flexibility index (Phi) is 5.41. The summed E-state index contributed by atoms with van der Waals surface area (Å²) in [4.78, 5) is 11.5. The Balaban J connectivity index is 2.23. The zero-order valence-corrected chi connectivity index (χ0v) is 10.8. The summed E-state index contributed by atoms with van der Waals surface area (Å²) in [6.45, 7) is 4.85. The van der Waals surface area contributed by atoms with Crippen LogP contribution in [0.1, 0.15) is 19.0 Å². The molecule has 0 spiro atoms. The molecule has 0 aliphatic heterocycles. The van der Waals surface area contributed by atoms with E-state index >= 15 is 0 Å². The largest absolute Gasteiger partial charge is 0.361 e. The van der Waals surface area contributed by atoms with E-state index in [2.05, 4.69) is 21.3 Å². The van der Waals surface area contributed by atoms with Crippen molar-refractivity contribution >= 4 is 23.2 Å². The number of rotatable bonds is 4. The zero-order valence-electron chi connectivity index (χ0n) is 9.99. The highest BCUT2D eigenvalue weighted by atomic mass is 32.1. The lowest BCUT2D eigenvalue weighted by Gasteiger charge is -2.10. The van der Waals surface area contributed by atoms with Gasteiger partial charge >= 0.3 is 0 Å². The molecule has 1 amide bonds. The molecule has 0 fully saturated rings. The summed E-state index contributed by atoms with van der Waals surface area (Å²) >= 11 is 4.95. The first-order chi connectivity index (χ1) is 8.11. The number of hydrogen-bond acceptors (Lipinski definition) is 3. The summed E-state index contributed by atoms with van der Waals surface area (Å²) in [7, 11) is 0. The standard InChI is InChI=1S/C10H17N5OS/c1-3-5-11-10(17)13-12-9(16)7-15-6-4-8(2)14-15/h4,6H,3,5,7H2,1-2H3,(H,12,16)(H2,11,13,17). The topological polar surface area (TPSA) is 71.0 Å². The molecule has 3 N–H and O–H groups in total. The van der Waals surface area contributed by atoms with Gasteiger partial charge in [-0.2, -0.15) is 5.10 Å². The average Bonchev–Trinajstić information content (AvgIpc) is 2.69. The van der Waals surface area contributed by atoms with Gasteiger partial charge in [0.15, 0.2) is 5.11 Å². The van der Waals surface area contributed by atoms with E-state index in [4.69, 9.17) is 12.2 Å². The number of hydrazine groups is 1. The van der Waals surface area contributed by atoms with Crippen LogP contribution in [-0.2, 0) is 11.3 Å². The molecule has 1 aromatic heterocycles. The van der Waals surface area contributed by atoms with Crippen molar-refractivity contribution in [3.63, 3.8) is 0 Å². The van der Waals surface area contributed by atoms with Crippen molar-refractivity contribution in [2.45, 2.75) is 26.8 Å². The molecule has 0 aliphatic carbocycles. The minimum absolute atomic E-state index is 0.164. The molecular formula is C10H17N5OS. The van der Waals surface area contributed by atoms with Crippen molar-refractivity contribution in [2.24, 2.45) is 0 Å². The van der Waals surface area contributed by atoms with Crippen LogP contribution in [0.2, 0.25) is 0 Å². The molecule has 94 valence electrons. The van der Waals surface area contributed by atoms with E-state index < -0.39 is 0 Å². The van der Waals surface area contributed by atoms with Gasteiger partial charge in [0.1, 0.15) is 6.54 Å². The van der Waals surface area contributed by atoms with Crippen LogP contribution in [0, 0.1) is 6.92 Å². The van der Waals surface area contributed by atoms with Gasteiger partial charge in [-0.1, -0.05) is 6.92 Å². The van der Waals surface area contributed by atoms with Gasteiger partial charge in [-0.3, -0.25) is 20.3 Å². The molecule has 0 saturated carbocycles. The lowest BCUT2D eigenvalue weighted by atomic mass is 10.5. The molecule has 0 unspecified atom stereocenters. The van der Waals surface area contributed by atoms with Crippen molar-refractivity contribution < 1.29 is 4.79 Å². The van der Waals surface area contributed by atoms with Gasteiger partial charge in [-0.15, -0.1) is 0 Å². The van der Waals surface area contributed by atoms with Crippen LogP contribution in [-0.4, -0.2) is 27.3 Å². The van der Waals surface area contributed by atoms with Crippen LogP contribution in [0.3, 0.4) is 0 Å². The number of aryl methyl sites for hydroxylation is 1. The quantitative estimate of drug-likeness (QED) is 0.526. The van der Waals surface area contributed by atoms with Gasteiger partial charge in [0.25, 0.3) is 5.91 Å². The van der Waals surface area contributed by atoms with Crippen LogP contribution in [0.25, 0.3) is 0 Å². The summed E-state index contributed by atoms with van der Waals surface area (Å²) in [5, 5.41) is 7.46. The van der Waals surface area contributed by atoms with E-state index in [9.17, 15) is 4.79 Å². The van der Waals surface area contributed by atoms with Crippen LogP contribution in [0.4, 0.5) is 0 Å². The first kappa shape index (κ1) is 13.4. The SMILES string of the molecule is CCCNC(=S)NNC(=O)Cn1ccc(C)n1. The Morgan fingerprint density at radius 1 is 1.53 bits per heavy atom. The average molecular weight is 255 g/mol. The van der Waals surface area contributed by atoms with Crippen LogP contribution < -0.4 is 16.2 Å². The second-order valence-corrected chi connectivity index (χ2v) is 3.99. The summed E-state index contributed by atoms with van der Waals surface area (Å²) in [5.41, 5.74) is 6.00. The molecule has 0 saturated heterocycles. The minimum atomic E-state index is -0.200. The fraction of sp³-hybridized carbons (Fsp3) is 0.500. The van der Waals surface area contributed by atoms with Gasteiger partial charge < -0.3 is 5.32 Å². The van der Waals surface area contributed by atoms with Crippen molar-refractivity contribution in [2.75, 3.05) is 6.54 Å². The second-order valence-electron chi connectivity index (χ2n) is 3.58. The van der Waals surface area contributed by atoms with Crippen LogP contribution in [0.15, 0.2) is 12.3 Å². The Morgan fingerprint density at radius 3 is 2.88 bits per heavy atom. The molecule has 1 heterocycles. The number of hydrogen-bond donors (Lipinski definition) is 3. The first-order valence-corrected chi connectivity index (χ1v) is 5.85. The van der Waals surface area contributed by atoms with E-state index in [0.29, 0.717) is 5.11 Å². The lowest BCUT2D eigenvalue weighted by molar-refractivity contribution is -0.122. The minimum Gasteiger partial charge on any atom is -0.361 e. The van der Waals surface area contributed by atoms with Gasteiger partial charge in [0, 0.05) is 12.7 Å². The maximum absolute atomic E-state index is 11.5. The number of carbonyl (C=O) groups excluding carboxylic acids is 1. The Morgan fingerprint density at radius 2 is 2.29 bits per heavy atom. The predicted octanol–water partition coefficient (Wildman–Crippen LogP) is 0.0968. The molecule has 0 aromatic carbocycles. The Bertz CT molecular complexity index is 390. The van der Waals surface area contributed by atoms with Crippen molar-refractivity contribution in [1.29, 1.82) is 0 Å². The maximum atomic E-state index is 11.5. The highest BCUT2D eigenvalue weighted by molar-refractivity contribution is 7.80. The second kappa shape index (κ2) is 6.85. The van der Waals surface area contributed by atoms with Gasteiger partial charge in [-0.05, 0) is 31.6 Å². The molecule has 0 aliphatic rings. The van der Waals surface area contributed by atoms with Gasteiger partial charge in [0.05, 0.1) is 5.69 Å². The fourth-order valence-electron chi connectivity index (χ4n) is 1.15. The molecule has 1 aromatic rings. The zero-order chi connectivity index (χ0) is 12.7. The molecular weight excluding hydrogens is 238 g/mol. The van der Waals surface area contributed by atoms with Crippen LogP contribution in [0.5, 0.6) is 0 Å². The monoisotopic (exact) mass is 255 g/mol. The fourth-order valence-corrected chi connectivity index (χ4v) is 1.30. The summed E-state index contributed by atoms with van der Waals surface area (Å²) < 4.78 is 1.56. The highest BCUT2D eigenvalue weighted by Gasteiger charge is 2.03. The number of thiocarbonyl (C=S) groups is 1. The lowest BCUT2D eigenvalue weighted by Crippen LogP contribution is -2.47. The van der Waals surface area contributed by atoms with Gasteiger partial charge in [0.2, 0.25) is 0 Å². The van der Waals surface area contributed by atoms with E-state index in [-0.39, 0.29) is 12.5 Å². The van der Waals surface area contributed by atoms with Gasteiger partial charge in [-0.25, -0.2) is 0 Å². The number of nitrogens with one attached hydrogen (secondary N) is 3.